The zero-order valence-corrected chi connectivity index (χ0v) is 15.3. The molecular formula is C16H17ClF3N3OS. The molecule has 1 atom stereocenters. The highest BCUT2D eigenvalue weighted by molar-refractivity contribution is 7.13. The molecule has 0 aliphatic heterocycles. The summed E-state index contributed by atoms with van der Waals surface area (Å²) in [4.78, 5) is 18.2. The lowest BCUT2D eigenvalue weighted by atomic mass is 10.0. The third-order valence-corrected chi connectivity index (χ3v) is 4.74. The van der Waals surface area contributed by atoms with E-state index in [0.29, 0.717) is 5.13 Å². The van der Waals surface area contributed by atoms with Crippen LogP contribution in [0, 0.1) is 5.92 Å². The maximum absolute atomic E-state index is 12.7. The maximum atomic E-state index is 12.7. The van der Waals surface area contributed by atoms with Crippen molar-refractivity contribution in [2.24, 2.45) is 5.92 Å². The first-order chi connectivity index (χ1) is 11.6. The predicted octanol–water partition coefficient (Wildman–Crippen LogP) is 4.91. The van der Waals surface area contributed by atoms with E-state index in [1.807, 2.05) is 13.8 Å². The highest BCUT2D eigenvalue weighted by Crippen LogP contribution is 2.34. The Morgan fingerprint density at radius 3 is 2.52 bits per heavy atom. The molecule has 1 amide bonds. The number of aromatic nitrogens is 1. The predicted molar refractivity (Wildman–Crippen MR) is 94.2 cm³/mol. The Kier molecular flexibility index (Phi) is 5.95. The lowest BCUT2D eigenvalue weighted by Gasteiger charge is -2.27. The quantitative estimate of drug-likeness (QED) is 0.787. The van der Waals surface area contributed by atoms with Gasteiger partial charge < -0.3 is 5.32 Å². The van der Waals surface area contributed by atoms with E-state index in [0.717, 1.165) is 12.1 Å². The molecule has 4 nitrogen and oxygen atoms in total. The number of anilines is 2. The van der Waals surface area contributed by atoms with Gasteiger partial charge in [0.25, 0.3) is 5.91 Å². The van der Waals surface area contributed by atoms with E-state index in [4.69, 9.17) is 11.6 Å². The molecule has 9 heteroatoms. The average Bonchev–Trinajstić information content (AvgIpc) is 3.05. The first-order valence-corrected chi connectivity index (χ1v) is 8.67. The number of thiazole rings is 1. The molecule has 1 N–H and O–H groups in total. The van der Waals surface area contributed by atoms with Crippen LogP contribution in [0.4, 0.5) is 24.0 Å². The van der Waals surface area contributed by atoms with Crippen LogP contribution in [0.5, 0.6) is 0 Å². The SMILES string of the molecule is CC(C)[C@H](Nc1ccc(C(F)(F)F)cc1Cl)C(=O)N(C)c1nccs1. The fourth-order valence-electron chi connectivity index (χ4n) is 2.17. The highest BCUT2D eigenvalue weighted by Gasteiger charge is 2.32. The van der Waals surface area contributed by atoms with Gasteiger partial charge in [0.1, 0.15) is 6.04 Å². The van der Waals surface area contributed by atoms with Crippen LogP contribution in [0.1, 0.15) is 19.4 Å². The fourth-order valence-corrected chi connectivity index (χ4v) is 3.02. The molecule has 0 aliphatic carbocycles. The number of hydrogen-bond donors (Lipinski definition) is 1. The molecule has 0 aliphatic rings. The van der Waals surface area contributed by atoms with Crippen molar-refractivity contribution in [3.05, 3.63) is 40.4 Å². The molecule has 0 bridgehead atoms. The number of alkyl halides is 3. The number of nitrogens with one attached hydrogen (secondary N) is 1. The molecule has 0 spiro atoms. The van der Waals surface area contributed by atoms with Crippen LogP contribution in [0.25, 0.3) is 0 Å². The van der Waals surface area contributed by atoms with Crippen molar-refractivity contribution in [3.8, 4) is 0 Å². The molecule has 25 heavy (non-hydrogen) atoms. The summed E-state index contributed by atoms with van der Waals surface area (Å²) < 4.78 is 38.2. The van der Waals surface area contributed by atoms with E-state index >= 15 is 0 Å². The van der Waals surface area contributed by atoms with Crippen molar-refractivity contribution in [2.75, 3.05) is 17.3 Å². The zero-order valence-electron chi connectivity index (χ0n) is 13.8. The van der Waals surface area contributed by atoms with Crippen LogP contribution in [-0.2, 0) is 11.0 Å². The van der Waals surface area contributed by atoms with Crippen molar-refractivity contribution in [2.45, 2.75) is 26.1 Å². The molecule has 0 saturated carbocycles. The smallest absolute Gasteiger partial charge is 0.372 e. The number of carbonyl (C=O) groups is 1. The van der Waals surface area contributed by atoms with Crippen molar-refractivity contribution < 1.29 is 18.0 Å². The lowest BCUT2D eigenvalue weighted by Crippen LogP contribution is -2.44. The molecule has 136 valence electrons. The number of carbonyl (C=O) groups excluding carboxylic acids is 1. The minimum atomic E-state index is -4.47. The van der Waals surface area contributed by atoms with Crippen molar-refractivity contribution in [1.82, 2.24) is 4.98 Å². The van der Waals surface area contributed by atoms with Gasteiger partial charge in [-0.15, -0.1) is 11.3 Å². The molecule has 1 aromatic heterocycles. The van der Waals surface area contributed by atoms with Crippen LogP contribution < -0.4 is 10.2 Å². The van der Waals surface area contributed by atoms with E-state index in [2.05, 4.69) is 10.3 Å². The molecule has 0 fully saturated rings. The summed E-state index contributed by atoms with van der Waals surface area (Å²) in [5.74, 6) is -0.366. The number of likely N-dealkylation sites (N-methyl/N-ethyl adjacent to an activating group) is 1. The second kappa shape index (κ2) is 7.61. The second-order valence-electron chi connectivity index (χ2n) is 5.77. The Hall–Kier alpha value is -1.80. The van der Waals surface area contributed by atoms with E-state index in [1.165, 1.54) is 22.3 Å². The summed E-state index contributed by atoms with van der Waals surface area (Å²) >= 11 is 7.29. The minimum Gasteiger partial charge on any atom is -0.372 e. The van der Waals surface area contributed by atoms with Gasteiger partial charge in [0.05, 0.1) is 16.3 Å². The minimum absolute atomic E-state index is 0.0924. The molecule has 0 unspecified atom stereocenters. The molecule has 2 aromatic rings. The highest BCUT2D eigenvalue weighted by atomic mass is 35.5. The van der Waals surface area contributed by atoms with Gasteiger partial charge in [0.2, 0.25) is 0 Å². The largest absolute Gasteiger partial charge is 0.416 e. The number of rotatable bonds is 5. The topological polar surface area (TPSA) is 45.2 Å². The third-order valence-electron chi connectivity index (χ3n) is 3.58. The molecule has 1 aromatic carbocycles. The van der Waals surface area contributed by atoms with Gasteiger partial charge in [-0.2, -0.15) is 13.2 Å². The van der Waals surface area contributed by atoms with Crippen LogP contribution in [-0.4, -0.2) is 24.0 Å². The van der Waals surface area contributed by atoms with Gasteiger partial charge in [-0.3, -0.25) is 9.69 Å². The van der Waals surface area contributed by atoms with Gasteiger partial charge in [-0.05, 0) is 24.1 Å². The van der Waals surface area contributed by atoms with Gasteiger partial charge in [0, 0.05) is 18.6 Å². The van der Waals surface area contributed by atoms with E-state index < -0.39 is 17.8 Å². The van der Waals surface area contributed by atoms with E-state index in [9.17, 15) is 18.0 Å². The Balaban J connectivity index is 2.23. The van der Waals surface area contributed by atoms with Crippen molar-refractivity contribution >= 4 is 39.7 Å². The average molecular weight is 392 g/mol. The fraction of sp³-hybridized carbons (Fsp3) is 0.375. The summed E-state index contributed by atoms with van der Waals surface area (Å²) in [7, 11) is 1.60. The number of benzene rings is 1. The summed E-state index contributed by atoms with van der Waals surface area (Å²) in [5.41, 5.74) is -0.565. The van der Waals surface area contributed by atoms with E-state index in [-0.39, 0.29) is 22.5 Å². The van der Waals surface area contributed by atoms with Crippen LogP contribution in [0.15, 0.2) is 29.8 Å². The molecule has 1 heterocycles. The van der Waals surface area contributed by atoms with E-state index in [1.54, 1.807) is 18.6 Å². The van der Waals surface area contributed by atoms with Gasteiger partial charge in [-0.1, -0.05) is 25.4 Å². The molecule has 0 saturated heterocycles. The first-order valence-electron chi connectivity index (χ1n) is 7.41. The summed E-state index contributed by atoms with van der Waals surface area (Å²) in [6.45, 7) is 3.67. The van der Waals surface area contributed by atoms with Crippen molar-refractivity contribution in [3.63, 3.8) is 0 Å². The van der Waals surface area contributed by atoms with Crippen molar-refractivity contribution in [1.29, 1.82) is 0 Å². The van der Waals surface area contributed by atoms with Gasteiger partial charge >= 0.3 is 6.18 Å². The normalized spacial score (nSPS) is 13.0. The van der Waals surface area contributed by atoms with Gasteiger partial charge in [0.15, 0.2) is 5.13 Å². The van der Waals surface area contributed by atoms with Crippen LogP contribution >= 0.6 is 22.9 Å². The third kappa shape index (κ3) is 4.64. The molecule has 2 rings (SSSR count). The maximum Gasteiger partial charge on any atom is 0.416 e. The number of hydrogen-bond acceptors (Lipinski definition) is 4. The molecular weight excluding hydrogens is 375 g/mol. The lowest BCUT2D eigenvalue weighted by molar-refractivity contribution is -0.137. The summed E-state index contributed by atoms with van der Waals surface area (Å²) in [5, 5.41) is 5.15. The summed E-state index contributed by atoms with van der Waals surface area (Å²) in [6, 6.07) is 2.34. The van der Waals surface area contributed by atoms with Crippen LogP contribution in [0.2, 0.25) is 5.02 Å². The summed E-state index contributed by atoms with van der Waals surface area (Å²) in [6.07, 6.45) is -2.88. The standard InChI is InChI=1S/C16H17ClF3N3OS/c1-9(2)13(14(24)23(3)15-21-6-7-25-15)22-12-5-4-10(8-11(12)17)16(18,19)20/h4-9,13,22H,1-3H3/t13-/m0/s1. The number of amides is 1. The Bertz CT molecular complexity index is 735. The van der Waals surface area contributed by atoms with Crippen LogP contribution in [0.3, 0.4) is 0 Å². The Morgan fingerprint density at radius 1 is 1.36 bits per heavy atom. The number of halogens is 4. The monoisotopic (exact) mass is 391 g/mol. The zero-order chi connectivity index (χ0) is 18.8. The second-order valence-corrected chi connectivity index (χ2v) is 7.05. The van der Waals surface area contributed by atoms with Gasteiger partial charge in [-0.25, -0.2) is 4.98 Å². The first kappa shape index (κ1) is 19.5. The Labute approximate surface area is 152 Å². The molecule has 0 radical (unpaired) electrons. The number of nitrogens with zero attached hydrogens (tertiary/aromatic N) is 2. The Morgan fingerprint density at radius 2 is 2.04 bits per heavy atom.